The number of aromatic nitrogens is 5. The molecule has 3 N–H and O–H groups in total. The van der Waals surface area contributed by atoms with Crippen molar-refractivity contribution >= 4 is 23.2 Å². The van der Waals surface area contributed by atoms with E-state index in [1.807, 2.05) is 0 Å². The molecule has 5 atom stereocenters. The van der Waals surface area contributed by atoms with Crippen molar-refractivity contribution in [2.24, 2.45) is 0 Å². The number of alkyl halides is 3. The SMILES string of the molecule is Cc1nc([C@@H]2O[C@H](CO)[C@H](O)[C@H](n3cc(-c4cccc(F)c4Cl)cn3)[C@H]2O)n(-c2cc(Cl)ccc2C(F)(F)F)n1. The average Bonchev–Trinajstić information content (AvgIpc) is 3.52. The van der Waals surface area contributed by atoms with Gasteiger partial charge in [-0.3, -0.25) is 4.68 Å². The molecule has 0 unspecified atom stereocenters. The first-order valence-electron chi connectivity index (χ1n) is 11.8. The lowest BCUT2D eigenvalue weighted by Gasteiger charge is -2.42. The largest absolute Gasteiger partial charge is 0.418 e. The summed E-state index contributed by atoms with van der Waals surface area (Å²) in [7, 11) is 0. The molecule has 0 amide bonds. The molecule has 1 aliphatic heterocycles. The summed E-state index contributed by atoms with van der Waals surface area (Å²) in [6.07, 6.45) is -7.96. The topological polar surface area (TPSA) is 118 Å². The summed E-state index contributed by atoms with van der Waals surface area (Å²) in [5.74, 6) is -0.828. The zero-order valence-electron chi connectivity index (χ0n) is 20.5. The third-order valence-corrected chi connectivity index (χ3v) is 7.17. The lowest BCUT2D eigenvalue weighted by atomic mass is 9.92. The molecule has 0 saturated carbocycles. The molecule has 0 bridgehead atoms. The molecule has 1 saturated heterocycles. The van der Waals surface area contributed by atoms with Crippen molar-refractivity contribution in [2.75, 3.05) is 6.61 Å². The molecule has 1 fully saturated rings. The van der Waals surface area contributed by atoms with Gasteiger partial charge in [-0.1, -0.05) is 35.3 Å². The minimum atomic E-state index is -4.78. The van der Waals surface area contributed by atoms with E-state index in [9.17, 15) is 32.9 Å². The van der Waals surface area contributed by atoms with Crippen molar-refractivity contribution in [3.63, 3.8) is 0 Å². The number of hydrogen-bond acceptors (Lipinski definition) is 7. The molecule has 1 aliphatic rings. The van der Waals surface area contributed by atoms with Crippen LogP contribution in [-0.2, 0) is 10.9 Å². The van der Waals surface area contributed by atoms with Gasteiger partial charge in [0.05, 0.1) is 29.1 Å². The van der Waals surface area contributed by atoms with E-state index < -0.39 is 60.3 Å². The highest BCUT2D eigenvalue weighted by molar-refractivity contribution is 6.33. The molecule has 4 aromatic rings. The van der Waals surface area contributed by atoms with E-state index in [0.717, 1.165) is 22.9 Å². The second-order valence-corrected chi connectivity index (χ2v) is 9.96. The van der Waals surface area contributed by atoms with Gasteiger partial charge in [0.1, 0.15) is 42.1 Å². The number of ether oxygens (including phenoxy) is 1. The van der Waals surface area contributed by atoms with E-state index in [2.05, 4.69) is 15.2 Å². The molecule has 15 heteroatoms. The summed E-state index contributed by atoms with van der Waals surface area (Å²) in [4.78, 5) is 4.21. The molecule has 2 aromatic heterocycles. The highest BCUT2D eigenvalue weighted by Gasteiger charge is 2.48. The third kappa shape index (κ3) is 5.08. The average molecular weight is 602 g/mol. The normalized spacial score (nSPS) is 23.5. The van der Waals surface area contributed by atoms with E-state index in [1.165, 1.54) is 36.1 Å². The number of aliphatic hydroxyl groups excluding tert-OH is 3. The van der Waals surface area contributed by atoms with Crippen LogP contribution in [0.2, 0.25) is 10.0 Å². The van der Waals surface area contributed by atoms with Crippen molar-refractivity contribution in [3.05, 3.63) is 81.9 Å². The minimum absolute atomic E-state index is 0.00572. The second-order valence-electron chi connectivity index (χ2n) is 9.15. The predicted molar refractivity (Wildman–Crippen MR) is 134 cm³/mol. The molecular weight excluding hydrogens is 581 g/mol. The molecule has 5 rings (SSSR count). The number of aryl methyl sites for hydroxylation is 1. The molecule has 3 heterocycles. The molecule has 0 spiro atoms. The first kappa shape index (κ1) is 28.5. The van der Waals surface area contributed by atoms with Crippen LogP contribution in [0.1, 0.15) is 29.4 Å². The zero-order valence-corrected chi connectivity index (χ0v) is 22.0. The van der Waals surface area contributed by atoms with Gasteiger partial charge in [-0.2, -0.15) is 23.4 Å². The van der Waals surface area contributed by atoms with Gasteiger partial charge in [0.2, 0.25) is 0 Å². The highest BCUT2D eigenvalue weighted by atomic mass is 35.5. The zero-order chi connectivity index (χ0) is 28.9. The highest BCUT2D eigenvalue weighted by Crippen LogP contribution is 2.41. The maximum Gasteiger partial charge on any atom is 0.418 e. The second kappa shape index (κ2) is 10.7. The quantitative estimate of drug-likeness (QED) is 0.292. The molecule has 40 heavy (non-hydrogen) atoms. The van der Waals surface area contributed by atoms with Crippen molar-refractivity contribution in [1.29, 1.82) is 0 Å². The van der Waals surface area contributed by atoms with Gasteiger partial charge in [0, 0.05) is 22.3 Å². The van der Waals surface area contributed by atoms with E-state index in [-0.39, 0.29) is 21.7 Å². The molecule has 0 radical (unpaired) electrons. The number of nitrogens with zero attached hydrogens (tertiary/aromatic N) is 5. The summed E-state index contributed by atoms with van der Waals surface area (Å²) in [5, 5.41) is 40.5. The predicted octanol–water partition coefficient (Wildman–Crippen LogP) is 4.30. The lowest BCUT2D eigenvalue weighted by molar-refractivity contribution is -0.210. The van der Waals surface area contributed by atoms with Crippen LogP contribution >= 0.6 is 23.2 Å². The van der Waals surface area contributed by atoms with Gasteiger partial charge in [-0.25, -0.2) is 14.1 Å². The van der Waals surface area contributed by atoms with E-state index >= 15 is 0 Å². The van der Waals surface area contributed by atoms with Crippen LogP contribution in [0.4, 0.5) is 17.6 Å². The smallest absolute Gasteiger partial charge is 0.394 e. The monoisotopic (exact) mass is 601 g/mol. The Kier molecular flexibility index (Phi) is 7.63. The first-order valence-corrected chi connectivity index (χ1v) is 12.6. The Labute approximate surface area is 234 Å². The van der Waals surface area contributed by atoms with Crippen molar-refractivity contribution in [2.45, 2.75) is 43.6 Å². The lowest BCUT2D eigenvalue weighted by Crippen LogP contribution is -2.53. The summed E-state index contributed by atoms with van der Waals surface area (Å²) < 4.78 is 63.5. The van der Waals surface area contributed by atoms with Crippen molar-refractivity contribution < 1.29 is 37.6 Å². The van der Waals surface area contributed by atoms with Crippen molar-refractivity contribution in [1.82, 2.24) is 24.5 Å². The number of halogens is 6. The molecule has 9 nitrogen and oxygen atoms in total. The maximum absolute atomic E-state index is 14.0. The Morgan fingerprint density at radius 1 is 1.10 bits per heavy atom. The Balaban J connectivity index is 1.59. The Bertz CT molecular complexity index is 1550. The molecular formula is C25H21Cl2F4N5O4. The van der Waals surface area contributed by atoms with Crippen LogP contribution in [0.15, 0.2) is 48.8 Å². The van der Waals surface area contributed by atoms with Gasteiger partial charge in [-0.15, -0.1) is 0 Å². The fraction of sp³-hybridized carbons (Fsp3) is 0.320. The van der Waals surface area contributed by atoms with Crippen LogP contribution in [0.3, 0.4) is 0 Å². The van der Waals surface area contributed by atoms with E-state index in [4.69, 9.17) is 27.9 Å². The number of hydrogen-bond donors (Lipinski definition) is 3. The fourth-order valence-corrected chi connectivity index (χ4v) is 5.11. The minimum Gasteiger partial charge on any atom is -0.394 e. The first-order chi connectivity index (χ1) is 18.9. The van der Waals surface area contributed by atoms with Gasteiger partial charge < -0.3 is 20.1 Å². The maximum atomic E-state index is 14.0. The fourth-order valence-electron chi connectivity index (χ4n) is 4.71. The summed E-state index contributed by atoms with van der Waals surface area (Å²) in [6, 6.07) is 5.84. The molecule has 212 valence electrons. The van der Waals surface area contributed by atoms with Crippen LogP contribution in [-0.4, -0.2) is 64.8 Å². The number of rotatable bonds is 5. The number of aliphatic hydroxyl groups is 3. The van der Waals surface area contributed by atoms with Gasteiger partial charge >= 0.3 is 6.18 Å². The van der Waals surface area contributed by atoms with Gasteiger partial charge in [0.25, 0.3) is 0 Å². The van der Waals surface area contributed by atoms with Crippen LogP contribution in [0.25, 0.3) is 16.8 Å². The Morgan fingerprint density at radius 3 is 2.55 bits per heavy atom. The molecule has 0 aliphatic carbocycles. The van der Waals surface area contributed by atoms with E-state index in [0.29, 0.717) is 11.1 Å². The summed E-state index contributed by atoms with van der Waals surface area (Å²) >= 11 is 12.1. The third-order valence-electron chi connectivity index (χ3n) is 6.55. The van der Waals surface area contributed by atoms with E-state index in [1.54, 1.807) is 6.07 Å². The standard InChI is InChI=1S/C25H21Cl2F4N5O4/c1-11-33-24(36(34-11)17-7-13(26)5-6-15(17)25(29,30)31)23-22(39)20(21(38)18(10-37)40-23)35-9-12(8-32-35)14-3-2-4-16(28)19(14)27/h2-9,18,20-23,37-39H,10H2,1H3/t18-,20+,21+,22-,23-/m1/s1. The van der Waals surface area contributed by atoms with Crippen LogP contribution in [0.5, 0.6) is 0 Å². The van der Waals surface area contributed by atoms with Crippen molar-refractivity contribution in [3.8, 4) is 16.8 Å². The van der Waals surface area contributed by atoms with Gasteiger partial charge in [-0.05, 0) is 31.2 Å². The Morgan fingerprint density at radius 2 is 1.85 bits per heavy atom. The van der Waals surface area contributed by atoms with Crippen LogP contribution < -0.4 is 0 Å². The Hall–Kier alpha value is -3.07. The molecule has 2 aromatic carbocycles. The summed E-state index contributed by atoms with van der Waals surface area (Å²) in [5.41, 5.74) is -0.862. The number of benzene rings is 2. The van der Waals surface area contributed by atoms with Gasteiger partial charge in [0.15, 0.2) is 5.82 Å². The summed E-state index contributed by atoms with van der Waals surface area (Å²) in [6.45, 7) is 0.730. The van der Waals surface area contributed by atoms with Crippen LogP contribution in [0, 0.1) is 12.7 Å².